The first-order valence-corrected chi connectivity index (χ1v) is 12.8. The molecule has 0 radical (unpaired) electrons. The van der Waals surface area contributed by atoms with Gasteiger partial charge in [-0.3, -0.25) is 14.5 Å². The second-order valence-electron chi connectivity index (χ2n) is 11.5. The molecule has 1 saturated heterocycles. The molecule has 1 fully saturated rings. The maximum Gasteiger partial charge on any atom is 0.306 e. The molecule has 0 atom stereocenters. The number of carbonyl (C=O) groups is 2. The molecule has 0 aromatic heterocycles. The average molecular weight is 454 g/mol. The lowest BCUT2D eigenvalue weighted by molar-refractivity contribution is -0.163. The van der Waals surface area contributed by atoms with E-state index in [0.29, 0.717) is 6.61 Å². The first-order valence-electron chi connectivity index (χ1n) is 12.8. The predicted molar refractivity (Wildman–Crippen MR) is 132 cm³/mol. The average Bonchev–Trinajstić information content (AvgIpc) is 2.72. The fourth-order valence-corrected chi connectivity index (χ4v) is 5.16. The lowest BCUT2D eigenvalue weighted by Gasteiger charge is -2.55. The number of ketones is 1. The summed E-state index contributed by atoms with van der Waals surface area (Å²) >= 11 is 0. The maximum absolute atomic E-state index is 12.6. The Balaban J connectivity index is 2.68. The molecule has 0 aromatic rings. The van der Waals surface area contributed by atoms with Gasteiger partial charge < -0.3 is 9.47 Å². The smallest absolute Gasteiger partial charge is 0.306 e. The number of esters is 1. The minimum Gasteiger partial charge on any atom is -0.462 e. The van der Waals surface area contributed by atoms with Gasteiger partial charge in [0.05, 0.1) is 18.6 Å². The van der Waals surface area contributed by atoms with Crippen molar-refractivity contribution in [1.29, 1.82) is 0 Å². The lowest BCUT2D eigenvalue weighted by atomic mass is 9.78. The summed E-state index contributed by atoms with van der Waals surface area (Å²) in [4.78, 5) is 27.6. The van der Waals surface area contributed by atoms with Crippen LogP contribution in [-0.4, -0.2) is 52.6 Å². The molecule has 0 aromatic carbocycles. The minimum atomic E-state index is -0.330. The zero-order valence-electron chi connectivity index (χ0n) is 22.7. The maximum atomic E-state index is 12.6. The first kappa shape index (κ1) is 29.1. The molecule has 5 heteroatoms. The monoisotopic (exact) mass is 453 g/mol. The number of hydrogen-bond acceptors (Lipinski definition) is 5. The van der Waals surface area contributed by atoms with E-state index in [9.17, 15) is 9.59 Å². The molecule has 32 heavy (non-hydrogen) atoms. The van der Waals surface area contributed by atoms with Gasteiger partial charge in [0.25, 0.3) is 0 Å². The van der Waals surface area contributed by atoms with Crippen LogP contribution >= 0.6 is 0 Å². The van der Waals surface area contributed by atoms with Crippen LogP contribution < -0.4 is 0 Å². The van der Waals surface area contributed by atoms with Gasteiger partial charge in [-0.25, -0.2) is 0 Å². The van der Waals surface area contributed by atoms with E-state index in [1.165, 1.54) is 0 Å². The number of likely N-dealkylation sites (tertiary alicyclic amines) is 1. The van der Waals surface area contributed by atoms with Crippen LogP contribution in [0.4, 0.5) is 0 Å². The normalized spacial score (nSPS) is 19.7. The summed E-state index contributed by atoms with van der Waals surface area (Å²) in [7, 11) is 0. The first-order chi connectivity index (χ1) is 14.7. The lowest BCUT2D eigenvalue weighted by Crippen LogP contribution is -2.63. The van der Waals surface area contributed by atoms with Crippen molar-refractivity contribution < 1.29 is 19.1 Å². The summed E-state index contributed by atoms with van der Waals surface area (Å²) in [6.45, 7) is 23.1. The highest BCUT2D eigenvalue weighted by Gasteiger charge is 2.46. The Morgan fingerprint density at radius 2 is 1.38 bits per heavy atom. The third-order valence-electron chi connectivity index (χ3n) is 8.27. The standard InChI is InChI=1S/C27H51NO4/c1-11-26(9,12-2)22(29)15-16-23(30)32-21-19-24(5,6)28(25(7,8)20-21)17-18-31-27(10,13-3)14-4/h21H,11-20H2,1-10H3. The summed E-state index contributed by atoms with van der Waals surface area (Å²) in [5.74, 6) is -0.0796. The quantitative estimate of drug-likeness (QED) is 0.305. The van der Waals surface area contributed by atoms with Crippen LogP contribution in [-0.2, 0) is 19.1 Å². The van der Waals surface area contributed by atoms with E-state index in [-0.39, 0.29) is 52.8 Å². The van der Waals surface area contributed by atoms with Gasteiger partial charge in [-0.2, -0.15) is 0 Å². The van der Waals surface area contributed by atoms with Crippen LogP contribution in [0.25, 0.3) is 0 Å². The number of carbonyl (C=O) groups excluding carboxylic acids is 2. The van der Waals surface area contributed by atoms with E-state index in [1.54, 1.807) is 0 Å². The van der Waals surface area contributed by atoms with Gasteiger partial charge in [-0.15, -0.1) is 0 Å². The molecule has 0 unspecified atom stereocenters. The Labute approximate surface area is 198 Å². The van der Waals surface area contributed by atoms with Crippen LogP contribution in [0.1, 0.15) is 121 Å². The molecule has 0 bridgehead atoms. The van der Waals surface area contributed by atoms with Crippen molar-refractivity contribution in [1.82, 2.24) is 4.90 Å². The predicted octanol–water partition coefficient (Wildman–Crippen LogP) is 6.32. The summed E-state index contributed by atoms with van der Waals surface area (Å²) < 4.78 is 12.1. The van der Waals surface area contributed by atoms with Gasteiger partial charge >= 0.3 is 5.97 Å². The Morgan fingerprint density at radius 3 is 1.81 bits per heavy atom. The molecule has 0 spiro atoms. The third-order valence-corrected chi connectivity index (χ3v) is 8.27. The fourth-order valence-electron chi connectivity index (χ4n) is 5.16. The van der Waals surface area contributed by atoms with Gasteiger partial charge in [0.1, 0.15) is 11.9 Å². The zero-order valence-corrected chi connectivity index (χ0v) is 22.7. The molecule has 0 aliphatic carbocycles. The van der Waals surface area contributed by atoms with Crippen molar-refractivity contribution in [3.8, 4) is 0 Å². The number of hydrogen-bond donors (Lipinski definition) is 0. The zero-order chi connectivity index (χ0) is 24.8. The summed E-state index contributed by atoms with van der Waals surface area (Å²) in [5, 5.41) is 0. The summed E-state index contributed by atoms with van der Waals surface area (Å²) in [6.07, 6.45) is 5.52. The van der Waals surface area contributed by atoms with Crippen molar-refractivity contribution in [2.75, 3.05) is 13.2 Å². The van der Waals surface area contributed by atoms with E-state index in [0.717, 1.165) is 45.1 Å². The molecule has 0 saturated carbocycles. The SMILES string of the molecule is CCC(C)(CC)OCCN1C(C)(C)CC(OC(=O)CCC(=O)C(C)(CC)CC)CC1(C)C. The van der Waals surface area contributed by atoms with E-state index in [1.807, 2.05) is 20.8 Å². The number of nitrogens with zero attached hydrogens (tertiary/aromatic N) is 1. The molecule has 0 amide bonds. The van der Waals surface area contributed by atoms with E-state index in [2.05, 4.69) is 53.4 Å². The second kappa shape index (κ2) is 11.5. The number of rotatable bonds is 13. The van der Waals surface area contributed by atoms with Crippen molar-refractivity contribution in [2.45, 2.75) is 143 Å². The second-order valence-corrected chi connectivity index (χ2v) is 11.5. The van der Waals surface area contributed by atoms with Crippen molar-refractivity contribution in [3.05, 3.63) is 0 Å². The molecule has 5 nitrogen and oxygen atoms in total. The van der Waals surface area contributed by atoms with Crippen LogP contribution in [0.3, 0.4) is 0 Å². The molecule has 0 N–H and O–H groups in total. The molecular weight excluding hydrogens is 402 g/mol. The Kier molecular flexibility index (Phi) is 10.4. The molecule has 1 aliphatic heterocycles. The highest BCUT2D eigenvalue weighted by molar-refractivity contribution is 5.87. The summed E-state index contributed by atoms with van der Waals surface area (Å²) in [6, 6.07) is 0. The van der Waals surface area contributed by atoms with Gasteiger partial charge in [-0.05, 0) is 60.3 Å². The Morgan fingerprint density at radius 1 is 0.875 bits per heavy atom. The van der Waals surface area contributed by atoms with Crippen LogP contribution in [0.2, 0.25) is 0 Å². The number of piperidine rings is 1. The number of ether oxygens (including phenoxy) is 2. The highest BCUT2D eigenvalue weighted by atomic mass is 16.5. The largest absolute Gasteiger partial charge is 0.462 e. The third kappa shape index (κ3) is 7.55. The van der Waals surface area contributed by atoms with Gasteiger partial charge in [0, 0.05) is 42.3 Å². The molecule has 1 rings (SSSR count). The van der Waals surface area contributed by atoms with Crippen LogP contribution in [0.5, 0.6) is 0 Å². The topological polar surface area (TPSA) is 55.8 Å². The Hall–Kier alpha value is -0.940. The molecule has 1 heterocycles. The van der Waals surface area contributed by atoms with Gasteiger partial charge in [-0.1, -0.05) is 34.6 Å². The summed E-state index contributed by atoms with van der Waals surface area (Å²) in [5.41, 5.74) is -0.609. The van der Waals surface area contributed by atoms with Gasteiger partial charge in [0.15, 0.2) is 0 Å². The molecule has 188 valence electrons. The Bertz CT molecular complexity index is 599. The van der Waals surface area contributed by atoms with Crippen LogP contribution in [0, 0.1) is 5.41 Å². The van der Waals surface area contributed by atoms with Gasteiger partial charge in [0.2, 0.25) is 0 Å². The van der Waals surface area contributed by atoms with Crippen molar-refractivity contribution in [3.63, 3.8) is 0 Å². The molecule has 1 aliphatic rings. The van der Waals surface area contributed by atoms with E-state index < -0.39 is 0 Å². The fraction of sp³-hybridized carbons (Fsp3) is 0.926. The number of Topliss-reactive ketones (excluding diaryl/α,β-unsaturated/α-hetero) is 1. The molecular formula is C27H51NO4. The highest BCUT2D eigenvalue weighted by Crippen LogP contribution is 2.39. The van der Waals surface area contributed by atoms with E-state index >= 15 is 0 Å². The van der Waals surface area contributed by atoms with E-state index in [4.69, 9.17) is 9.47 Å². The van der Waals surface area contributed by atoms with Crippen LogP contribution in [0.15, 0.2) is 0 Å². The van der Waals surface area contributed by atoms with Crippen molar-refractivity contribution >= 4 is 11.8 Å². The van der Waals surface area contributed by atoms with Crippen molar-refractivity contribution in [2.24, 2.45) is 5.41 Å². The minimum absolute atomic E-state index is 0.0643.